The molecule has 5 nitrogen and oxygen atoms in total. The van der Waals surface area contributed by atoms with Gasteiger partial charge < -0.3 is 15.6 Å². The van der Waals surface area contributed by atoms with Crippen molar-refractivity contribution in [1.82, 2.24) is 14.9 Å². The van der Waals surface area contributed by atoms with Crippen molar-refractivity contribution < 1.29 is 4.79 Å². The van der Waals surface area contributed by atoms with Crippen LogP contribution in [0.2, 0.25) is 0 Å². The van der Waals surface area contributed by atoms with Gasteiger partial charge in [0.05, 0.1) is 16.6 Å². The van der Waals surface area contributed by atoms with Crippen LogP contribution in [0.15, 0.2) is 24.3 Å². The molecule has 21 heavy (non-hydrogen) atoms. The van der Waals surface area contributed by atoms with Crippen molar-refractivity contribution in [2.75, 3.05) is 6.54 Å². The Balaban J connectivity index is 2.28. The number of hydrogen-bond donors (Lipinski definition) is 2. The average molecular weight is 288 g/mol. The molecule has 0 saturated carbocycles. The minimum Gasteiger partial charge on any atom is -0.368 e. The summed E-state index contributed by atoms with van der Waals surface area (Å²) < 4.78 is 2.19. The molecule has 0 saturated heterocycles. The van der Waals surface area contributed by atoms with Gasteiger partial charge >= 0.3 is 0 Å². The maximum atomic E-state index is 11.7. The largest absolute Gasteiger partial charge is 0.368 e. The molecule has 1 aromatic carbocycles. The highest BCUT2D eigenvalue weighted by molar-refractivity contribution is 5.84. The molecule has 0 aliphatic rings. The molecule has 114 valence electrons. The number of imidazole rings is 1. The number of primary amides is 1. The van der Waals surface area contributed by atoms with E-state index in [4.69, 9.17) is 5.73 Å². The Morgan fingerprint density at radius 1 is 1.38 bits per heavy atom. The number of rotatable bonds is 7. The number of para-hydroxylation sites is 2. The summed E-state index contributed by atoms with van der Waals surface area (Å²) in [4.78, 5) is 16.4. The predicted molar refractivity (Wildman–Crippen MR) is 85.0 cm³/mol. The highest BCUT2D eigenvalue weighted by Crippen LogP contribution is 2.19. The number of nitrogens with one attached hydrogen (secondary N) is 1. The van der Waals surface area contributed by atoms with Crippen LogP contribution in [0.25, 0.3) is 11.0 Å². The Hall–Kier alpha value is -1.88. The number of nitrogens with two attached hydrogens (primary N) is 1. The fourth-order valence-electron chi connectivity index (χ4n) is 2.67. The van der Waals surface area contributed by atoms with E-state index >= 15 is 0 Å². The lowest BCUT2D eigenvalue weighted by atomic mass is 9.96. The number of benzene rings is 1. The van der Waals surface area contributed by atoms with Crippen LogP contribution in [0, 0.1) is 0 Å². The monoisotopic (exact) mass is 288 g/mol. The smallest absolute Gasteiger partial charge is 0.237 e. The SMILES string of the molecule is CCNC(C)(CCn1c(CC)nc2ccccc21)C(N)=O. The van der Waals surface area contributed by atoms with E-state index in [2.05, 4.69) is 27.9 Å². The minimum atomic E-state index is -0.689. The maximum Gasteiger partial charge on any atom is 0.237 e. The molecule has 1 unspecified atom stereocenters. The number of carbonyl (C=O) groups excluding carboxylic acids is 1. The van der Waals surface area contributed by atoms with Crippen LogP contribution >= 0.6 is 0 Å². The van der Waals surface area contributed by atoms with Gasteiger partial charge in [-0.1, -0.05) is 26.0 Å². The van der Waals surface area contributed by atoms with Crippen LogP contribution in [-0.2, 0) is 17.8 Å². The number of aryl methyl sites for hydroxylation is 2. The standard InChI is InChI=1S/C16H24N4O/c1-4-14-19-12-8-6-7-9-13(12)20(14)11-10-16(3,15(17)21)18-5-2/h6-9,18H,4-5,10-11H2,1-3H3,(H2,17,21). The number of fused-ring (bicyclic) bond motifs is 1. The summed E-state index contributed by atoms with van der Waals surface area (Å²) >= 11 is 0. The zero-order valence-electron chi connectivity index (χ0n) is 13.0. The van der Waals surface area contributed by atoms with E-state index in [1.807, 2.05) is 32.0 Å². The molecule has 0 aliphatic carbocycles. The fourth-order valence-corrected chi connectivity index (χ4v) is 2.67. The van der Waals surface area contributed by atoms with E-state index in [9.17, 15) is 4.79 Å². The van der Waals surface area contributed by atoms with Gasteiger partial charge in [0.25, 0.3) is 0 Å². The normalized spacial score (nSPS) is 14.2. The number of nitrogens with zero attached hydrogens (tertiary/aromatic N) is 2. The van der Waals surface area contributed by atoms with E-state index in [1.165, 1.54) is 0 Å². The van der Waals surface area contributed by atoms with E-state index in [0.29, 0.717) is 13.0 Å². The molecule has 0 spiro atoms. The van der Waals surface area contributed by atoms with Crippen molar-refractivity contribution in [1.29, 1.82) is 0 Å². The third-order valence-corrected chi connectivity index (χ3v) is 4.00. The molecule has 0 fully saturated rings. The van der Waals surface area contributed by atoms with Gasteiger partial charge in [0.2, 0.25) is 5.91 Å². The highest BCUT2D eigenvalue weighted by Gasteiger charge is 2.29. The van der Waals surface area contributed by atoms with Crippen molar-refractivity contribution in [3.8, 4) is 0 Å². The second-order valence-corrected chi connectivity index (χ2v) is 5.50. The quantitative estimate of drug-likeness (QED) is 0.816. The number of hydrogen-bond acceptors (Lipinski definition) is 3. The van der Waals surface area contributed by atoms with E-state index < -0.39 is 5.54 Å². The summed E-state index contributed by atoms with van der Waals surface area (Å²) in [5, 5.41) is 3.20. The second-order valence-electron chi connectivity index (χ2n) is 5.50. The molecule has 3 N–H and O–H groups in total. The molecule has 2 rings (SSSR count). The molecule has 1 amide bonds. The molecule has 0 aliphatic heterocycles. The van der Waals surface area contributed by atoms with Crippen LogP contribution < -0.4 is 11.1 Å². The zero-order chi connectivity index (χ0) is 15.5. The third-order valence-electron chi connectivity index (χ3n) is 4.00. The Morgan fingerprint density at radius 3 is 2.71 bits per heavy atom. The van der Waals surface area contributed by atoms with Crippen LogP contribution in [0.3, 0.4) is 0 Å². The first-order valence-electron chi connectivity index (χ1n) is 7.51. The van der Waals surface area contributed by atoms with E-state index in [1.54, 1.807) is 0 Å². The number of likely N-dealkylation sites (N-methyl/N-ethyl adjacent to an activating group) is 1. The summed E-state index contributed by atoms with van der Waals surface area (Å²) in [5.41, 5.74) is 6.97. The summed E-state index contributed by atoms with van der Waals surface area (Å²) in [5.74, 6) is 0.728. The third kappa shape index (κ3) is 3.08. The highest BCUT2D eigenvalue weighted by atomic mass is 16.1. The lowest BCUT2D eigenvalue weighted by molar-refractivity contribution is -0.124. The van der Waals surface area contributed by atoms with Crippen molar-refractivity contribution in [2.45, 2.75) is 45.7 Å². The summed E-state index contributed by atoms with van der Waals surface area (Å²) in [6.07, 6.45) is 1.51. The van der Waals surface area contributed by atoms with Crippen LogP contribution in [-0.4, -0.2) is 27.5 Å². The Morgan fingerprint density at radius 2 is 2.10 bits per heavy atom. The number of aromatic nitrogens is 2. The Labute approximate surface area is 125 Å². The van der Waals surface area contributed by atoms with Crippen molar-refractivity contribution in [3.63, 3.8) is 0 Å². The lowest BCUT2D eigenvalue weighted by Crippen LogP contribution is -2.53. The summed E-state index contributed by atoms with van der Waals surface area (Å²) in [6.45, 7) is 7.37. The van der Waals surface area contributed by atoms with Gasteiger partial charge in [0, 0.05) is 13.0 Å². The van der Waals surface area contributed by atoms with Gasteiger partial charge in [-0.25, -0.2) is 4.98 Å². The molecule has 1 heterocycles. The molecule has 2 aromatic rings. The van der Waals surface area contributed by atoms with Gasteiger partial charge in [0.1, 0.15) is 5.82 Å². The van der Waals surface area contributed by atoms with Gasteiger partial charge in [-0.05, 0) is 32.0 Å². The van der Waals surface area contributed by atoms with Crippen molar-refractivity contribution in [3.05, 3.63) is 30.1 Å². The maximum absolute atomic E-state index is 11.7. The molecule has 0 radical (unpaired) electrons. The first-order chi connectivity index (χ1) is 10.0. The van der Waals surface area contributed by atoms with Crippen LogP contribution in [0.4, 0.5) is 0 Å². The molecule has 1 atom stereocenters. The van der Waals surface area contributed by atoms with Gasteiger partial charge in [-0.3, -0.25) is 4.79 Å². The first-order valence-corrected chi connectivity index (χ1v) is 7.51. The summed E-state index contributed by atoms with van der Waals surface area (Å²) in [7, 11) is 0. The van der Waals surface area contributed by atoms with Crippen molar-refractivity contribution in [2.24, 2.45) is 5.73 Å². The second kappa shape index (κ2) is 6.26. The predicted octanol–water partition coefficient (Wildman–Crippen LogP) is 1.84. The summed E-state index contributed by atoms with van der Waals surface area (Å²) in [6, 6.07) is 8.09. The number of carbonyl (C=O) groups is 1. The van der Waals surface area contributed by atoms with E-state index in [-0.39, 0.29) is 5.91 Å². The topological polar surface area (TPSA) is 72.9 Å². The Kier molecular flexibility index (Phi) is 4.63. The van der Waals surface area contributed by atoms with Gasteiger partial charge in [0.15, 0.2) is 0 Å². The molecular weight excluding hydrogens is 264 g/mol. The van der Waals surface area contributed by atoms with Gasteiger partial charge in [-0.2, -0.15) is 0 Å². The van der Waals surface area contributed by atoms with Gasteiger partial charge in [-0.15, -0.1) is 0 Å². The molecular formula is C16H24N4O. The Bertz CT molecular complexity index is 634. The first kappa shape index (κ1) is 15.5. The lowest BCUT2D eigenvalue weighted by Gasteiger charge is -2.27. The molecule has 1 aromatic heterocycles. The minimum absolute atomic E-state index is 0.313. The van der Waals surface area contributed by atoms with Crippen LogP contribution in [0.5, 0.6) is 0 Å². The fraction of sp³-hybridized carbons (Fsp3) is 0.500. The van der Waals surface area contributed by atoms with E-state index in [0.717, 1.165) is 29.8 Å². The molecule has 0 bridgehead atoms. The number of amides is 1. The van der Waals surface area contributed by atoms with Crippen LogP contribution in [0.1, 0.15) is 33.0 Å². The molecule has 5 heteroatoms. The zero-order valence-corrected chi connectivity index (χ0v) is 13.0. The van der Waals surface area contributed by atoms with Crippen molar-refractivity contribution >= 4 is 16.9 Å². The average Bonchev–Trinajstić information content (AvgIpc) is 2.83.